The molecule has 1 unspecified atom stereocenters. The Morgan fingerprint density at radius 1 is 1.29 bits per heavy atom. The number of aromatic nitrogens is 2. The predicted molar refractivity (Wildman–Crippen MR) is 88.5 cm³/mol. The standard InChI is InChI=1S/C17H28N4O3/c1-12(18-17(23)21-9-7-13(11-22)8-10-21)16-19-15(20-24-16)14-5-3-2-4-6-14/h12-14,22H,2-11H2,1H3,(H,18,23). The van der Waals surface area contributed by atoms with Gasteiger partial charge in [-0.2, -0.15) is 4.98 Å². The largest absolute Gasteiger partial charge is 0.396 e. The summed E-state index contributed by atoms with van der Waals surface area (Å²) in [4.78, 5) is 18.7. The summed E-state index contributed by atoms with van der Waals surface area (Å²) in [6.07, 6.45) is 7.70. The summed E-state index contributed by atoms with van der Waals surface area (Å²) < 4.78 is 5.37. The van der Waals surface area contributed by atoms with E-state index >= 15 is 0 Å². The summed E-state index contributed by atoms with van der Waals surface area (Å²) >= 11 is 0. The predicted octanol–water partition coefficient (Wildman–Crippen LogP) is 2.59. The monoisotopic (exact) mass is 336 g/mol. The fourth-order valence-electron chi connectivity index (χ4n) is 3.61. The van der Waals surface area contributed by atoms with Crippen LogP contribution in [0.3, 0.4) is 0 Å². The highest BCUT2D eigenvalue weighted by Crippen LogP contribution is 2.31. The molecule has 1 aromatic rings. The van der Waals surface area contributed by atoms with Crippen LogP contribution in [-0.4, -0.2) is 45.9 Å². The number of carbonyl (C=O) groups excluding carboxylic acids is 1. The number of aliphatic hydroxyl groups is 1. The molecule has 2 heterocycles. The van der Waals surface area contributed by atoms with Gasteiger partial charge in [-0.3, -0.25) is 0 Å². The van der Waals surface area contributed by atoms with E-state index in [1.807, 2.05) is 6.92 Å². The van der Waals surface area contributed by atoms with Crippen LogP contribution in [0.5, 0.6) is 0 Å². The lowest BCUT2D eigenvalue weighted by Gasteiger charge is -2.31. The van der Waals surface area contributed by atoms with Crippen LogP contribution in [0.4, 0.5) is 4.79 Å². The van der Waals surface area contributed by atoms with Crippen molar-refractivity contribution < 1.29 is 14.4 Å². The number of carbonyl (C=O) groups is 1. The third kappa shape index (κ3) is 4.06. The third-order valence-electron chi connectivity index (χ3n) is 5.30. The van der Waals surface area contributed by atoms with E-state index in [9.17, 15) is 9.90 Å². The highest BCUT2D eigenvalue weighted by atomic mass is 16.5. The van der Waals surface area contributed by atoms with Gasteiger partial charge in [0, 0.05) is 25.6 Å². The van der Waals surface area contributed by atoms with Crippen molar-refractivity contribution in [3.63, 3.8) is 0 Å². The van der Waals surface area contributed by atoms with Crippen LogP contribution in [0.25, 0.3) is 0 Å². The summed E-state index contributed by atoms with van der Waals surface area (Å²) in [5.74, 6) is 1.99. The fourth-order valence-corrected chi connectivity index (χ4v) is 3.61. The highest BCUT2D eigenvalue weighted by Gasteiger charge is 2.26. The Labute approximate surface area is 142 Å². The number of piperidine rings is 1. The summed E-state index contributed by atoms with van der Waals surface area (Å²) in [6.45, 7) is 3.44. The molecule has 1 atom stereocenters. The number of rotatable bonds is 4. The molecule has 2 N–H and O–H groups in total. The van der Waals surface area contributed by atoms with E-state index in [1.165, 1.54) is 19.3 Å². The lowest BCUT2D eigenvalue weighted by atomic mass is 9.89. The van der Waals surface area contributed by atoms with E-state index < -0.39 is 0 Å². The minimum absolute atomic E-state index is 0.101. The molecule has 1 aliphatic heterocycles. The molecule has 134 valence electrons. The highest BCUT2D eigenvalue weighted by molar-refractivity contribution is 5.74. The van der Waals surface area contributed by atoms with Crippen molar-refractivity contribution in [2.75, 3.05) is 19.7 Å². The summed E-state index contributed by atoms with van der Waals surface area (Å²) in [5.41, 5.74) is 0. The first-order valence-electron chi connectivity index (χ1n) is 9.17. The zero-order chi connectivity index (χ0) is 16.9. The fraction of sp³-hybridized carbons (Fsp3) is 0.824. The van der Waals surface area contributed by atoms with Gasteiger partial charge in [-0.25, -0.2) is 4.79 Å². The van der Waals surface area contributed by atoms with Gasteiger partial charge in [-0.1, -0.05) is 24.4 Å². The summed E-state index contributed by atoms with van der Waals surface area (Å²) in [5, 5.41) is 16.2. The Balaban J connectivity index is 1.52. The van der Waals surface area contributed by atoms with Crippen molar-refractivity contribution in [3.05, 3.63) is 11.7 Å². The molecule has 2 fully saturated rings. The van der Waals surface area contributed by atoms with Gasteiger partial charge in [0.2, 0.25) is 5.89 Å². The van der Waals surface area contributed by atoms with Crippen LogP contribution in [0.2, 0.25) is 0 Å². The molecular formula is C17H28N4O3. The first-order chi connectivity index (χ1) is 11.7. The maximum Gasteiger partial charge on any atom is 0.318 e. The van der Waals surface area contributed by atoms with Crippen LogP contribution in [0.15, 0.2) is 4.52 Å². The normalized spacial score (nSPS) is 21.7. The molecule has 1 aromatic heterocycles. The second-order valence-electron chi connectivity index (χ2n) is 7.11. The smallest absolute Gasteiger partial charge is 0.318 e. The van der Waals surface area contributed by atoms with E-state index in [0.29, 0.717) is 30.8 Å². The quantitative estimate of drug-likeness (QED) is 0.882. The van der Waals surface area contributed by atoms with Gasteiger partial charge in [0.15, 0.2) is 5.82 Å². The number of aliphatic hydroxyl groups excluding tert-OH is 1. The summed E-state index contributed by atoms with van der Waals surface area (Å²) in [7, 11) is 0. The van der Waals surface area contributed by atoms with Crippen LogP contribution in [0, 0.1) is 5.92 Å². The number of amides is 2. The van der Waals surface area contributed by atoms with E-state index in [2.05, 4.69) is 15.5 Å². The van der Waals surface area contributed by atoms with Crippen molar-refractivity contribution in [3.8, 4) is 0 Å². The molecule has 0 aromatic carbocycles. The van der Waals surface area contributed by atoms with Gasteiger partial charge < -0.3 is 19.8 Å². The molecule has 3 rings (SSSR count). The Kier molecular flexibility index (Phi) is 5.71. The average Bonchev–Trinajstić information content (AvgIpc) is 3.13. The van der Waals surface area contributed by atoms with E-state index in [0.717, 1.165) is 31.5 Å². The Morgan fingerprint density at radius 2 is 2.00 bits per heavy atom. The molecule has 1 saturated carbocycles. The maximum atomic E-state index is 12.3. The minimum Gasteiger partial charge on any atom is -0.396 e. The van der Waals surface area contributed by atoms with E-state index in [4.69, 9.17) is 4.52 Å². The van der Waals surface area contributed by atoms with Crippen LogP contribution in [-0.2, 0) is 0 Å². The molecule has 0 bridgehead atoms. The van der Waals surface area contributed by atoms with E-state index in [1.54, 1.807) is 4.90 Å². The molecule has 2 aliphatic rings. The number of likely N-dealkylation sites (tertiary alicyclic amines) is 1. The number of urea groups is 1. The molecule has 7 heteroatoms. The number of nitrogens with one attached hydrogen (secondary N) is 1. The van der Waals surface area contributed by atoms with Crippen molar-refractivity contribution in [1.82, 2.24) is 20.4 Å². The molecule has 24 heavy (non-hydrogen) atoms. The van der Waals surface area contributed by atoms with Crippen LogP contribution in [0.1, 0.15) is 75.5 Å². The van der Waals surface area contributed by atoms with Gasteiger partial charge in [-0.15, -0.1) is 0 Å². The molecule has 1 saturated heterocycles. The topological polar surface area (TPSA) is 91.5 Å². The summed E-state index contributed by atoms with van der Waals surface area (Å²) in [6, 6.07) is -0.394. The second-order valence-corrected chi connectivity index (χ2v) is 7.11. The lowest BCUT2D eigenvalue weighted by molar-refractivity contribution is 0.135. The Morgan fingerprint density at radius 3 is 2.67 bits per heavy atom. The van der Waals surface area contributed by atoms with Crippen LogP contribution < -0.4 is 5.32 Å². The van der Waals surface area contributed by atoms with Gasteiger partial charge in [0.25, 0.3) is 0 Å². The molecule has 0 spiro atoms. The zero-order valence-electron chi connectivity index (χ0n) is 14.4. The second kappa shape index (κ2) is 7.96. The third-order valence-corrected chi connectivity index (χ3v) is 5.30. The first kappa shape index (κ1) is 17.2. The van der Waals surface area contributed by atoms with Crippen molar-refractivity contribution in [2.45, 2.75) is 63.8 Å². The molecule has 2 amide bonds. The Hall–Kier alpha value is -1.63. The average molecular weight is 336 g/mol. The molecule has 7 nitrogen and oxygen atoms in total. The van der Waals surface area contributed by atoms with Gasteiger partial charge in [0.05, 0.1) is 0 Å². The zero-order valence-corrected chi connectivity index (χ0v) is 14.4. The van der Waals surface area contributed by atoms with Crippen molar-refractivity contribution >= 4 is 6.03 Å². The van der Waals surface area contributed by atoms with Crippen molar-refractivity contribution in [2.24, 2.45) is 5.92 Å². The molecule has 1 aliphatic carbocycles. The van der Waals surface area contributed by atoms with Crippen molar-refractivity contribution in [1.29, 1.82) is 0 Å². The van der Waals surface area contributed by atoms with Gasteiger partial charge in [-0.05, 0) is 38.5 Å². The first-order valence-corrected chi connectivity index (χ1v) is 9.17. The Bertz CT molecular complexity index is 534. The van der Waals surface area contributed by atoms with E-state index in [-0.39, 0.29) is 18.7 Å². The van der Waals surface area contributed by atoms with Crippen LogP contribution >= 0.6 is 0 Å². The van der Waals surface area contributed by atoms with Gasteiger partial charge >= 0.3 is 6.03 Å². The maximum absolute atomic E-state index is 12.3. The molecule has 0 radical (unpaired) electrons. The number of hydrogen-bond donors (Lipinski definition) is 2. The number of hydrogen-bond acceptors (Lipinski definition) is 5. The molecular weight excluding hydrogens is 308 g/mol. The lowest BCUT2D eigenvalue weighted by Crippen LogP contribution is -2.45. The SMILES string of the molecule is CC(NC(=O)N1CCC(CO)CC1)c1nc(C2CCCCC2)no1. The van der Waals surface area contributed by atoms with Gasteiger partial charge in [0.1, 0.15) is 6.04 Å². The minimum atomic E-state index is -0.294. The number of nitrogens with zero attached hydrogens (tertiary/aromatic N) is 3.